The second-order valence-corrected chi connectivity index (χ2v) is 7.28. The molecule has 0 saturated carbocycles. The highest BCUT2D eigenvalue weighted by molar-refractivity contribution is 6.18. The van der Waals surface area contributed by atoms with Crippen molar-refractivity contribution in [3.8, 4) is 0 Å². The van der Waals surface area contributed by atoms with Crippen LogP contribution >= 0.6 is 23.2 Å². The first-order valence-corrected chi connectivity index (χ1v) is 10.8. The van der Waals surface area contributed by atoms with Crippen LogP contribution in [0.25, 0.3) is 0 Å². The molecular formula is C20H31Cl2N3O3. The van der Waals surface area contributed by atoms with Crippen molar-refractivity contribution in [2.24, 2.45) is 0 Å². The molecule has 0 aliphatic rings. The number of amides is 2. The highest BCUT2D eigenvalue weighted by Gasteiger charge is 2.06. The Balaban J connectivity index is 2.17. The number of alkyl halides is 2. The van der Waals surface area contributed by atoms with Crippen LogP contribution in [0.4, 0.5) is 10.5 Å². The molecule has 0 radical (unpaired) electrons. The maximum Gasteiger partial charge on any atom is 0.404 e. The molecule has 2 amide bonds. The van der Waals surface area contributed by atoms with Crippen molar-refractivity contribution in [3.63, 3.8) is 0 Å². The molecule has 28 heavy (non-hydrogen) atoms. The summed E-state index contributed by atoms with van der Waals surface area (Å²) in [6, 6.07) is 8.34. The molecule has 0 fully saturated rings. The lowest BCUT2D eigenvalue weighted by molar-refractivity contribution is -0.121. The molecule has 0 saturated heterocycles. The number of carboxylic acid groups (broad SMARTS) is 1. The third kappa shape index (κ3) is 11.2. The number of aryl methyl sites for hydroxylation is 1. The Hall–Kier alpha value is -1.66. The zero-order chi connectivity index (χ0) is 20.6. The van der Waals surface area contributed by atoms with E-state index < -0.39 is 6.09 Å². The zero-order valence-electron chi connectivity index (χ0n) is 16.3. The van der Waals surface area contributed by atoms with Crippen LogP contribution in [-0.4, -0.2) is 55.0 Å². The third-order valence-corrected chi connectivity index (χ3v) is 4.67. The van der Waals surface area contributed by atoms with E-state index in [4.69, 9.17) is 28.3 Å². The fourth-order valence-electron chi connectivity index (χ4n) is 2.84. The van der Waals surface area contributed by atoms with Gasteiger partial charge in [0.1, 0.15) is 0 Å². The van der Waals surface area contributed by atoms with Gasteiger partial charge in [-0.2, -0.15) is 0 Å². The number of hydrogen-bond acceptors (Lipinski definition) is 3. The minimum absolute atomic E-state index is 0.0654. The van der Waals surface area contributed by atoms with Crippen LogP contribution in [0.2, 0.25) is 0 Å². The van der Waals surface area contributed by atoms with Crippen LogP contribution in [-0.2, 0) is 11.2 Å². The lowest BCUT2D eigenvalue weighted by atomic mass is 10.1. The maximum absolute atomic E-state index is 11.9. The van der Waals surface area contributed by atoms with Crippen LogP contribution in [0.15, 0.2) is 24.3 Å². The summed E-state index contributed by atoms with van der Waals surface area (Å²) in [5, 5.41) is 13.7. The van der Waals surface area contributed by atoms with Crippen LogP contribution in [0, 0.1) is 0 Å². The van der Waals surface area contributed by atoms with Gasteiger partial charge in [0.2, 0.25) is 5.91 Å². The molecule has 8 heteroatoms. The topological polar surface area (TPSA) is 81.7 Å². The van der Waals surface area contributed by atoms with Crippen molar-refractivity contribution in [1.82, 2.24) is 10.6 Å². The van der Waals surface area contributed by atoms with Gasteiger partial charge in [-0.3, -0.25) is 4.79 Å². The molecule has 0 atom stereocenters. The van der Waals surface area contributed by atoms with Gasteiger partial charge < -0.3 is 20.6 Å². The van der Waals surface area contributed by atoms with E-state index in [-0.39, 0.29) is 5.91 Å². The first-order valence-electron chi connectivity index (χ1n) is 9.76. The Morgan fingerprint density at radius 2 is 1.50 bits per heavy atom. The molecule has 1 rings (SSSR count). The number of carbonyl (C=O) groups is 2. The van der Waals surface area contributed by atoms with Gasteiger partial charge in [-0.25, -0.2) is 4.79 Å². The van der Waals surface area contributed by atoms with Gasteiger partial charge in [-0.1, -0.05) is 12.1 Å². The molecule has 0 unspecified atom stereocenters. The fourth-order valence-corrected chi connectivity index (χ4v) is 3.25. The summed E-state index contributed by atoms with van der Waals surface area (Å²) in [5.74, 6) is 1.19. The SMILES string of the molecule is O=C(O)NCCCCCNC(=O)CCCc1ccc(N(CCCl)CCCl)cc1. The summed E-state index contributed by atoms with van der Waals surface area (Å²) in [6.45, 7) is 2.63. The second kappa shape index (κ2) is 15.3. The van der Waals surface area contributed by atoms with Gasteiger partial charge >= 0.3 is 6.09 Å². The normalized spacial score (nSPS) is 10.5. The van der Waals surface area contributed by atoms with Crippen LogP contribution < -0.4 is 15.5 Å². The number of nitrogens with zero attached hydrogens (tertiary/aromatic N) is 1. The van der Waals surface area contributed by atoms with Crippen molar-refractivity contribution >= 4 is 40.9 Å². The van der Waals surface area contributed by atoms with Crippen LogP contribution in [0.3, 0.4) is 0 Å². The molecule has 158 valence electrons. The van der Waals surface area contributed by atoms with Gasteiger partial charge in [0.05, 0.1) is 0 Å². The number of hydrogen-bond donors (Lipinski definition) is 3. The molecular weight excluding hydrogens is 401 g/mol. The summed E-state index contributed by atoms with van der Waals surface area (Å²) in [6.07, 6.45) is 3.71. The van der Waals surface area contributed by atoms with Gasteiger partial charge in [0, 0.05) is 50.0 Å². The Morgan fingerprint density at radius 3 is 2.07 bits per heavy atom. The van der Waals surface area contributed by atoms with E-state index in [0.29, 0.717) is 31.3 Å². The van der Waals surface area contributed by atoms with Gasteiger partial charge in [0.25, 0.3) is 0 Å². The van der Waals surface area contributed by atoms with E-state index >= 15 is 0 Å². The summed E-state index contributed by atoms with van der Waals surface area (Å²) < 4.78 is 0. The Bertz CT molecular complexity index is 564. The Kier molecular flexibility index (Phi) is 13.3. The lowest BCUT2D eigenvalue weighted by Crippen LogP contribution is -2.27. The number of nitrogens with one attached hydrogen (secondary N) is 2. The minimum atomic E-state index is -0.995. The molecule has 0 bridgehead atoms. The van der Waals surface area contributed by atoms with E-state index in [9.17, 15) is 9.59 Å². The fraction of sp³-hybridized carbons (Fsp3) is 0.600. The Labute approximate surface area is 177 Å². The number of halogens is 2. The number of benzene rings is 1. The third-order valence-electron chi connectivity index (χ3n) is 4.33. The van der Waals surface area contributed by atoms with E-state index in [1.807, 2.05) is 0 Å². The zero-order valence-corrected chi connectivity index (χ0v) is 17.8. The molecule has 3 N–H and O–H groups in total. The highest BCUT2D eigenvalue weighted by Crippen LogP contribution is 2.17. The summed E-state index contributed by atoms with van der Waals surface area (Å²) in [5.41, 5.74) is 2.32. The van der Waals surface area contributed by atoms with Crippen molar-refractivity contribution in [1.29, 1.82) is 0 Å². The van der Waals surface area contributed by atoms with Crippen molar-refractivity contribution in [2.45, 2.75) is 38.5 Å². The average molecular weight is 432 g/mol. The molecule has 1 aromatic rings. The first-order chi connectivity index (χ1) is 13.6. The summed E-state index contributed by atoms with van der Waals surface area (Å²) in [4.78, 5) is 24.3. The molecule has 1 aromatic carbocycles. The average Bonchev–Trinajstić information content (AvgIpc) is 2.67. The predicted octanol–water partition coefficient (Wildman–Crippen LogP) is 3.85. The van der Waals surface area contributed by atoms with Crippen LogP contribution in [0.5, 0.6) is 0 Å². The number of unbranched alkanes of at least 4 members (excludes halogenated alkanes) is 2. The second-order valence-electron chi connectivity index (χ2n) is 6.53. The van der Waals surface area contributed by atoms with Gasteiger partial charge in [-0.05, 0) is 49.8 Å². The predicted molar refractivity (Wildman–Crippen MR) is 116 cm³/mol. The van der Waals surface area contributed by atoms with Crippen molar-refractivity contribution < 1.29 is 14.7 Å². The molecule has 6 nitrogen and oxygen atoms in total. The van der Waals surface area contributed by atoms with E-state index in [1.165, 1.54) is 5.56 Å². The van der Waals surface area contributed by atoms with Crippen molar-refractivity contribution in [3.05, 3.63) is 29.8 Å². The highest BCUT2D eigenvalue weighted by atomic mass is 35.5. The van der Waals surface area contributed by atoms with Gasteiger partial charge in [0.15, 0.2) is 0 Å². The number of anilines is 1. The number of carbonyl (C=O) groups excluding carboxylic acids is 1. The molecule has 0 heterocycles. The molecule has 0 aromatic heterocycles. The molecule has 0 aliphatic carbocycles. The first kappa shape index (κ1) is 24.4. The molecule has 0 aliphatic heterocycles. The van der Waals surface area contributed by atoms with E-state index in [2.05, 4.69) is 39.8 Å². The lowest BCUT2D eigenvalue weighted by Gasteiger charge is -2.23. The molecule has 0 spiro atoms. The quantitative estimate of drug-likeness (QED) is 0.291. The smallest absolute Gasteiger partial charge is 0.404 e. The Morgan fingerprint density at radius 1 is 0.893 bits per heavy atom. The standard InChI is InChI=1S/C20H31Cl2N3O3/c21-11-15-25(16-12-22)18-9-7-17(8-10-18)5-4-6-19(26)23-13-2-1-3-14-24-20(27)28/h7-10,24H,1-6,11-16H2,(H,23,26)(H,27,28). The summed E-state index contributed by atoms with van der Waals surface area (Å²) in [7, 11) is 0. The minimum Gasteiger partial charge on any atom is -0.465 e. The van der Waals surface area contributed by atoms with Crippen LogP contribution in [0.1, 0.15) is 37.7 Å². The van der Waals surface area contributed by atoms with Crippen molar-refractivity contribution in [2.75, 3.05) is 42.8 Å². The largest absolute Gasteiger partial charge is 0.465 e. The van der Waals surface area contributed by atoms with Gasteiger partial charge in [-0.15, -0.1) is 23.2 Å². The van der Waals surface area contributed by atoms with E-state index in [1.54, 1.807) is 0 Å². The summed E-state index contributed by atoms with van der Waals surface area (Å²) >= 11 is 11.7. The number of rotatable bonds is 15. The maximum atomic E-state index is 11.9. The van der Waals surface area contributed by atoms with E-state index in [0.717, 1.165) is 50.9 Å². The monoisotopic (exact) mass is 431 g/mol.